The van der Waals surface area contributed by atoms with Gasteiger partial charge in [-0.2, -0.15) is 0 Å². The number of benzene rings is 11. The van der Waals surface area contributed by atoms with Crippen LogP contribution in [0, 0.1) is 0 Å². The van der Waals surface area contributed by atoms with Crippen LogP contribution < -0.4 is 0 Å². The molecule has 0 atom stereocenters. The van der Waals surface area contributed by atoms with Crippen molar-refractivity contribution in [2.24, 2.45) is 0 Å². The lowest BCUT2D eigenvalue weighted by Crippen LogP contribution is -1.96. The minimum absolute atomic E-state index is 1.15. The number of rotatable bonds is 5. The Morgan fingerprint density at radius 3 is 1.24 bits per heavy atom. The van der Waals surface area contributed by atoms with Gasteiger partial charge in [0.15, 0.2) is 0 Å². The second-order valence-corrected chi connectivity index (χ2v) is 15.6. The van der Waals surface area contributed by atoms with Gasteiger partial charge in [0.25, 0.3) is 0 Å². The van der Waals surface area contributed by atoms with Gasteiger partial charge in [-0.15, -0.1) is 0 Å². The highest BCUT2D eigenvalue weighted by Crippen LogP contribution is 2.45. The first-order valence-electron chi connectivity index (χ1n) is 20.4. The summed E-state index contributed by atoms with van der Waals surface area (Å²) in [4.78, 5) is 0. The van der Waals surface area contributed by atoms with E-state index in [1.165, 1.54) is 109 Å². The molecular weight excluding hydrogens is 711 g/mol. The van der Waals surface area contributed by atoms with Crippen LogP contribution in [-0.2, 0) is 0 Å². The SMILES string of the molecule is c1ccc(-c2cccc(-c3ccc4c(ccc5c6ccc7ccccc7c6n(-c6ccc(-c7c8ccccc8c(-c8ccccc8)c8ccccc78)cc6)c45)c3)c2)cc1. The Morgan fingerprint density at radius 2 is 0.627 bits per heavy atom. The first kappa shape index (κ1) is 33.4. The van der Waals surface area contributed by atoms with E-state index in [4.69, 9.17) is 0 Å². The molecule has 274 valence electrons. The van der Waals surface area contributed by atoms with E-state index in [1.54, 1.807) is 0 Å². The third-order valence-electron chi connectivity index (χ3n) is 12.3. The molecule has 0 aliphatic rings. The molecule has 0 bridgehead atoms. The van der Waals surface area contributed by atoms with E-state index in [0.29, 0.717) is 0 Å². The highest BCUT2D eigenvalue weighted by molar-refractivity contribution is 6.24. The van der Waals surface area contributed by atoms with E-state index >= 15 is 0 Å². The van der Waals surface area contributed by atoms with Crippen LogP contribution in [0.5, 0.6) is 0 Å². The minimum Gasteiger partial charge on any atom is -0.308 e. The second-order valence-electron chi connectivity index (χ2n) is 15.6. The zero-order chi connectivity index (χ0) is 38.9. The molecule has 12 rings (SSSR count). The third kappa shape index (κ3) is 5.33. The number of hydrogen-bond acceptors (Lipinski definition) is 0. The lowest BCUT2D eigenvalue weighted by molar-refractivity contribution is 1.19. The van der Waals surface area contributed by atoms with Crippen LogP contribution in [0.3, 0.4) is 0 Å². The molecule has 1 heteroatoms. The van der Waals surface area contributed by atoms with Crippen molar-refractivity contribution in [3.8, 4) is 50.2 Å². The molecule has 0 aliphatic carbocycles. The molecule has 0 spiro atoms. The fourth-order valence-corrected chi connectivity index (χ4v) is 9.68. The first-order valence-corrected chi connectivity index (χ1v) is 20.4. The van der Waals surface area contributed by atoms with Crippen molar-refractivity contribution in [3.63, 3.8) is 0 Å². The Hall–Kier alpha value is -7.74. The molecule has 11 aromatic carbocycles. The summed E-state index contributed by atoms with van der Waals surface area (Å²) in [5.41, 5.74) is 13.5. The molecule has 0 saturated carbocycles. The van der Waals surface area contributed by atoms with Gasteiger partial charge in [0, 0.05) is 27.2 Å². The average molecular weight is 748 g/mol. The molecule has 59 heavy (non-hydrogen) atoms. The van der Waals surface area contributed by atoms with Crippen molar-refractivity contribution in [1.82, 2.24) is 4.57 Å². The zero-order valence-electron chi connectivity index (χ0n) is 32.3. The molecule has 0 radical (unpaired) electrons. The summed E-state index contributed by atoms with van der Waals surface area (Å²) in [5.74, 6) is 0. The van der Waals surface area contributed by atoms with Crippen molar-refractivity contribution < 1.29 is 0 Å². The summed E-state index contributed by atoms with van der Waals surface area (Å²) < 4.78 is 2.52. The van der Waals surface area contributed by atoms with Gasteiger partial charge in [-0.25, -0.2) is 0 Å². The molecule has 0 N–H and O–H groups in total. The zero-order valence-corrected chi connectivity index (χ0v) is 32.3. The summed E-state index contributed by atoms with van der Waals surface area (Å²) >= 11 is 0. The summed E-state index contributed by atoms with van der Waals surface area (Å²) in [6, 6.07) is 82.5. The van der Waals surface area contributed by atoms with E-state index in [-0.39, 0.29) is 0 Å². The summed E-state index contributed by atoms with van der Waals surface area (Å²) in [6.07, 6.45) is 0. The quantitative estimate of drug-likeness (QED) is 0.155. The normalized spacial score (nSPS) is 11.7. The molecule has 1 aromatic heterocycles. The molecule has 12 aromatic rings. The fraction of sp³-hybridized carbons (Fsp3) is 0. The Labute approximate surface area is 342 Å². The standard InChI is InChI=1S/C58H37N/c1-3-14-38(15-4-1)42-19-13-20-43(36-42)44-29-33-48-45(37-44)30-35-54-53-34-28-39-16-7-8-21-47(39)57(53)59(58(48)54)46-31-26-41(27-32-46)56-51-24-11-9-22-49(51)55(40-17-5-2-6-18-40)50-23-10-12-25-52(50)56/h1-37H. The average Bonchev–Trinajstić information content (AvgIpc) is 3.66. The van der Waals surface area contributed by atoms with Gasteiger partial charge in [-0.05, 0) is 101 Å². The van der Waals surface area contributed by atoms with Crippen LogP contribution in [-0.4, -0.2) is 4.57 Å². The van der Waals surface area contributed by atoms with E-state index < -0.39 is 0 Å². The molecule has 0 fully saturated rings. The Kier molecular flexibility index (Phi) is 7.61. The van der Waals surface area contributed by atoms with Gasteiger partial charge in [0.1, 0.15) is 0 Å². The maximum absolute atomic E-state index is 2.52. The largest absolute Gasteiger partial charge is 0.308 e. The van der Waals surface area contributed by atoms with E-state index in [0.717, 1.165) is 5.69 Å². The Bertz CT molecular complexity index is 3520. The van der Waals surface area contributed by atoms with Gasteiger partial charge < -0.3 is 4.57 Å². The predicted molar refractivity (Wildman–Crippen MR) is 253 cm³/mol. The monoisotopic (exact) mass is 747 g/mol. The second kappa shape index (κ2) is 13.4. The lowest BCUT2D eigenvalue weighted by atomic mass is 9.86. The van der Waals surface area contributed by atoms with Crippen molar-refractivity contribution in [1.29, 1.82) is 0 Å². The van der Waals surface area contributed by atoms with E-state index in [2.05, 4.69) is 229 Å². The maximum Gasteiger partial charge on any atom is 0.0619 e. The lowest BCUT2D eigenvalue weighted by Gasteiger charge is -2.18. The van der Waals surface area contributed by atoms with Crippen molar-refractivity contribution >= 4 is 64.9 Å². The summed E-state index contributed by atoms with van der Waals surface area (Å²) in [7, 11) is 0. The van der Waals surface area contributed by atoms with Gasteiger partial charge in [0.05, 0.1) is 11.0 Å². The predicted octanol–water partition coefficient (Wildman–Crippen LogP) is 16.1. The molecular formula is C58H37N. The number of nitrogens with zero attached hydrogens (tertiary/aromatic N) is 1. The van der Waals surface area contributed by atoms with Crippen molar-refractivity contribution in [3.05, 3.63) is 224 Å². The fourth-order valence-electron chi connectivity index (χ4n) is 9.68. The summed E-state index contributed by atoms with van der Waals surface area (Å²) in [6.45, 7) is 0. The smallest absolute Gasteiger partial charge is 0.0619 e. The molecule has 0 amide bonds. The molecule has 1 nitrogen and oxygen atoms in total. The topological polar surface area (TPSA) is 4.93 Å². The summed E-state index contributed by atoms with van der Waals surface area (Å²) in [5, 5.41) is 12.5. The maximum atomic E-state index is 2.52. The first-order chi connectivity index (χ1) is 29.3. The number of fused-ring (bicyclic) bond motifs is 9. The third-order valence-corrected chi connectivity index (χ3v) is 12.3. The highest BCUT2D eigenvalue weighted by Gasteiger charge is 2.20. The van der Waals surface area contributed by atoms with Crippen LogP contribution in [0.15, 0.2) is 224 Å². The van der Waals surface area contributed by atoms with Gasteiger partial charge in [-0.3, -0.25) is 0 Å². The number of hydrogen-bond donors (Lipinski definition) is 0. The number of aromatic nitrogens is 1. The molecule has 1 heterocycles. The Morgan fingerprint density at radius 1 is 0.220 bits per heavy atom. The van der Waals surface area contributed by atoms with E-state index in [9.17, 15) is 0 Å². The molecule has 0 unspecified atom stereocenters. The van der Waals surface area contributed by atoms with Crippen LogP contribution >= 0.6 is 0 Å². The molecule has 0 aliphatic heterocycles. The molecule has 0 saturated heterocycles. The van der Waals surface area contributed by atoms with Crippen LogP contribution in [0.2, 0.25) is 0 Å². The van der Waals surface area contributed by atoms with Gasteiger partial charge >= 0.3 is 0 Å². The van der Waals surface area contributed by atoms with Crippen LogP contribution in [0.1, 0.15) is 0 Å². The van der Waals surface area contributed by atoms with Gasteiger partial charge in [-0.1, -0.05) is 200 Å². The highest BCUT2D eigenvalue weighted by atomic mass is 15.0. The Balaban J connectivity index is 1.07. The van der Waals surface area contributed by atoms with Crippen molar-refractivity contribution in [2.45, 2.75) is 0 Å². The minimum atomic E-state index is 1.15. The van der Waals surface area contributed by atoms with Crippen LogP contribution in [0.4, 0.5) is 0 Å². The van der Waals surface area contributed by atoms with Crippen molar-refractivity contribution in [2.75, 3.05) is 0 Å². The van der Waals surface area contributed by atoms with Gasteiger partial charge in [0.2, 0.25) is 0 Å². The van der Waals surface area contributed by atoms with E-state index in [1.807, 2.05) is 0 Å². The van der Waals surface area contributed by atoms with Crippen LogP contribution in [0.25, 0.3) is 115 Å².